The van der Waals surface area contributed by atoms with Crippen molar-refractivity contribution in [3.05, 3.63) is 52.6 Å². The first-order valence-electron chi connectivity index (χ1n) is 5.58. The highest BCUT2D eigenvalue weighted by molar-refractivity contribution is 9.10. The van der Waals surface area contributed by atoms with Gasteiger partial charge in [-0.15, -0.1) is 10.2 Å². The maximum absolute atomic E-state index is 5.70. The van der Waals surface area contributed by atoms with Gasteiger partial charge < -0.3 is 5.73 Å². The fourth-order valence-electron chi connectivity index (χ4n) is 1.93. The number of nitrogens with zero attached hydrogens (tertiary/aromatic N) is 3. The minimum atomic E-state index is 0.461. The van der Waals surface area contributed by atoms with Crippen LogP contribution in [0.15, 0.2) is 47.1 Å². The van der Waals surface area contributed by atoms with Crippen LogP contribution in [0, 0.1) is 0 Å². The van der Waals surface area contributed by atoms with E-state index in [4.69, 9.17) is 5.73 Å². The molecule has 0 atom stereocenters. The van der Waals surface area contributed by atoms with Crippen LogP contribution < -0.4 is 5.73 Å². The van der Waals surface area contributed by atoms with Crippen molar-refractivity contribution in [3.8, 4) is 11.4 Å². The number of nitrogens with two attached hydrogens (primary N) is 1. The van der Waals surface area contributed by atoms with Gasteiger partial charge in [0, 0.05) is 28.3 Å². The molecule has 3 rings (SSSR count). The van der Waals surface area contributed by atoms with Crippen LogP contribution >= 0.6 is 15.9 Å². The van der Waals surface area contributed by atoms with Crippen LogP contribution in [0.2, 0.25) is 0 Å². The second-order valence-electron chi connectivity index (χ2n) is 3.96. The van der Waals surface area contributed by atoms with E-state index in [2.05, 4.69) is 26.1 Å². The number of fused-ring (bicyclic) bond motifs is 1. The van der Waals surface area contributed by atoms with E-state index in [1.165, 1.54) is 0 Å². The Kier molecular flexibility index (Phi) is 2.85. The van der Waals surface area contributed by atoms with Crippen LogP contribution in [0.4, 0.5) is 0 Å². The molecular weight excluding hydrogens is 292 g/mol. The van der Waals surface area contributed by atoms with Crippen molar-refractivity contribution in [2.45, 2.75) is 6.54 Å². The molecule has 0 spiro atoms. The summed E-state index contributed by atoms with van der Waals surface area (Å²) in [6.45, 7) is 0.461. The molecule has 0 fully saturated rings. The normalized spacial score (nSPS) is 11.0. The maximum atomic E-state index is 5.70. The van der Waals surface area contributed by atoms with Gasteiger partial charge >= 0.3 is 0 Å². The molecule has 18 heavy (non-hydrogen) atoms. The quantitative estimate of drug-likeness (QED) is 0.792. The fourth-order valence-corrected chi connectivity index (χ4v) is 2.19. The summed E-state index contributed by atoms with van der Waals surface area (Å²) in [5, 5.41) is 8.46. The van der Waals surface area contributed by atoms with Gasteiger partial charge in [-0.05, 0) is 18.2 Å². The van der Waals surface area contributed by atoms with Crippen LogP contribution in [0.25, 0.3) is 17.0 Å². The number of halogens is 1. The monoisotopic (exact) mass is 302 g/mol. The van der Waals surface area contributed by atoms with Gasteiger partial charge in [-0.25, -0.2) is 0 Å². The summed E-state index contributed by atoms with van der Waals surface area (Å²) in [6.07, 6.45) is 1.95. The molecule has 90 valence electrons. The van der Waals surface area contributed by atoms with Gasteiger partial charge in [0.05, 0.1) is 0 Å². The zero-order valence-corrected chi connectivity index (χ0v) is 11.1. The molecular formula is C13H11BrN4. The highest BCUT2D eigenvalue weighted by atomic mass is 79.9. The molecule has 0 aliphatic carbocycles. The second kappa shape index (κ2) is 4.51. The predicted octanol–water partition coefficient (Wildman–Crippen LogP) is 2.62. The summed E-state index contributed by atoms with van der Waals surface area (Å²) in [6, 6.07) is 11.9. The van der Waals surface area contributed by atoms with Crippen molar-refractivity contribution in [1.29, 1.82) is 0 Å². The summed E-state index contributed by atoms with van der Waals surface area (Å²) in [5.41, 5.74) is 8.54. The lowest BCUT2D eigenvalue weighted by Crippen LogP contribution is -2.00. The van der Waals surface area contributed by atoms with Crippen molar-refractivity contribution in [3.63, 3.8) is 0 Å². The Bertz CT molecular complexity index is 688. The minimum Gasteiger partial charge on any atom is -0.326 e. The molecule has 2 N–H and O–H groups in total. The predicted molar refractivity (Wildman–Crippen MR) is 74.0 cm³/mol. The van der Waals surface area contributed by atoms with Gasteiger partial charge in [0.25, 0.3) is 0 Å². The average Bonchev–Trinajstić information content (AvgIpc) is 2.83. The zero-order chi connectivity index (χ0) is 12.5. The fraction of sp³-hybridized carbons (Fsp3) is 0.0769. The Morgan fingerprint density at radius 2 is 1.89 bits per heavy atom. The standard InChI is InChI=1S/C13H11BrN4/c14-11-5-3-9(4-6-11)12-16-17-13-10(8-15)2-1-7-18(12)13/h1-7H,8,15H2. The second-order valence-corrected chi connectivity index (χ2v) is 4.88. The molecule has 0 saturated heterocycles. The molecule has 4 nitrogen and oxygen atoms in total. The van der Waals surface area contributed by atoms with Crippen molar-refractivity contribution >= 4 is 21.6 Å². The molecule has 0 aliphatic heterocycles. The smallest absolute Gasteiger partial charge is 0.168 e. The average molecular weight is 303 g/mol. The highest BCUT2D eigenvalue weighted by Gasteiger charge is 2.09. The Labute approximate surface area is 113 Å². The van der Waals surface area contributed by atoms with E-state index >= 15 is 0 Å². The largest absolute Gasteiger partial charge is 0.326 e. The first-order valence-corrected chi connectivity index (χ1v) is 6.37. The lowest BCUT2D eigenvalue weighted by molar-refractivity contribution is 1.04. The summed E-state index contributed by atoms with van der Waals surface area (Å²) in [5.74, 6) is 0.827. The number of rotatable bonds is 2. The third-order valence-corrected chi connectivity index (χ3v) is 3.37. The van der Waals surface area contributed by atoms with Crippen LogP contribution in [0.3, 0.4) is 0 Å². The van der Waals surface area contributed by atoms with Crippen LogP contribution in [0.1, 0.15) is 5.56 Å². The number of benzene rings is 1. The molecule has 0 saturated carbocycles. The Hall–Kier alpha value is -1.72. The molecule has 1 aromatic carbocycles. The van der Waals surface area contributed by atoms with E-state index < -0.39 is 0 Å². The van der Waals surface area contributed by atoms with Gasteiger partial charge in [0.2, 0.25) is 0 Å². The van der Waals surface area contributed by atoms with E-state index in [-0.39, 0.29) is 0 Å². The number of pyridine rings is 1. The molecule has 5 heteroatoms. The van der Waals surface area contributed by atoms with Crippen LogP contribution in [-0.2, 0) is 6.54 Å². The molecule has 3 aromatic rings. The van der Waals surface area contributed by atoms with Crippen molar-refractivity contribution in [1.82, 2.24) is 14.6 Å². The van der Waals surface area contributed by atoms with E-state index in [9.17, 15) is 0 Å². The molecule has 2 heterocycles. The Morgan fingerprint density at radius 1 is 1.11 bits per heavy atom. The van der Waals surface area contributed by atoms with Gasteiger partial charge in [-0.1, -0.05) is 34.1 Å². The Balaban J connectivity index is 2.21. The molecule has 0 amide bonds. The molecule has 0 radical (unpaired) electrons. The van der Waals surface area contributed by atoms with Crippen LogP contribution in [0.5, 0.6) is 0 Å². The lowest BCUT2D eigenvalue weighted by atomic mass is 10.2. The molecule has 0 unspecified atom stereocenters. The van der Waals surface area contributed by atoms with E-state index in [0.717, 1.165) is 27.1 Å². The highest BCUT2D eigenvalue weighted by Crippen LogP contribution is 2.21. The van der Waals surface area contributed by atoms with E-state index in [1.807, 2.05) is 47.0 Å². The lowest BCUT2D eigenvalue weighted by Gasteiger charge is -2.02. The van der Waals surface area contributed by atoms with Gasteiger partial charge in [0.1, 0.15) is 0 Å². The SMILES string of the molecule is NCc1cccn2c(-c3ccc(Br)cc3)nnc12. The van der Waals surface area contributed by atoms with Gasteiger partial charge in [-0.3, -0.25) is 4.40 Å². The third-order valence-electron chi connectivity index (χ3n) is 2.84. The van der Waals surface area contributed by atoms with Crippen molar-refractivity contribution < 1.29 is 0 Å². The van der Waals surface area contributed by atoms with Gasteiger partial charge in [-0.2, -0.15) is 0 Å². The molecule has 0 aliphatic rings. The first kappa shape index (κ1) is 11.4. The zero-order valence-electron chi connectivity index (χ0n) is 9.55. The topological polar surface area (TPSA) is 56.2 Å². The van der Waals surface area contributed by atoms with E-state index in [0.29, 0.717) is 6.54 Å². The molecule has 0 bridgehead atoms. The van der Waals surface area contributed by atoms with E-state index in [1.54, 1.807) is 0 Å². The number of hydrogen-bond acceptors (Lipinski definition) is 3. The molecule has 2 aromatic heterocycles. The summed E-state index contributed by atoms with van der Waals surface area (Å²) < 4.78 is 3.01. The number of aromatic nitrogens is 3. The van der Waals surface area contributed by atoms with Crippen molar-refractivity contribution in [2.75, 3.05) is 0 Å². The Morgan fingerprint density at radius 3 is 2.61 bits per heavy atom. The summed E-state index contributed by atoms with van der Waals surface area (Å²) in [7, 11) is 0. The van der Waals surface area contributed by atoms with Crippen LogP contribution in [-0.4, -0.2) is 14.6 Å². The minimum absolute atomic E-state index is 0.461. The first-order chi connectivity index (χ1) is 8.79. The summed E-state index contributed by atoms with van der Waals surface area (Å²) in [4.78, 5) is 0. The van der Waals surface area contributed by atoms with Crippen molar-refractivity contribution in [2.24, 2.45) is 5.73 Å². The summed E-state index contributed by atoms with van der Waals surface area (Å²) >= 11 is 3.42. The van der Waals surface area contributed by atoms with Gasteiger partial charge in [0.15, 0.2) is 11.5 Å². The maximum Gasteiger partial charge on any atom is 0.168 e. The number of hydrogen-bond donors (Lipinski definition) is 1. The third kappa shape index (κ3) is 1.81.